The quantitative estimate of drug-likeness (QED) is 0.909. The van der Waals surface area contributed by atoms with Gasteiger partial charge in [0.2, 0.25) is 0 Å². The van der Waals surface area contributed by atoms with Gasteiger partial charge >= 0.3 is 6.03 Å². The Balaban J connectivity index is 1.91. The maximum Gasteiger partial charge on any atom is 0.317 e. The molecule has 0 bridgehead atoms. The highest BCUT2D eigenvalue weighted by molar-refractivity contribution is 6.01. The van der Waals surface area contributed by atoms with Gasteiger partial charge in [0.1, 0.15) is 0 Å². The third-order valence-electron chi connectivity index (χ3n) is 3.62. The van der Waals surface area contributed by atoms with E-state index in [1.165, 1.54) is 5.56 Å². The number of hydrogen-bond donors (Lipinski definition) is 1. The molecule has 0 aliphatic carbocycles. The van der Waals surface area contributed by atoms with Crippen molar-refractivity contribution in [1.82, 2.24) is 10.2 Å². The van der Waals surface area contributed by atoms with Crippen LogP contribution in [0, 0.1) is 6.92 Å². The number of rotatable bonds is 5. The molecule has 1 aromatic rings. The van der Waals surface area contributed by atoms with Gasteiger partial charge in [-0.2, -0.15) is 0 Å². The van der Waals surface area contributed by atoms with Gasteiger partial charge in [0, 0.05) is 19.0 Å². The summed E-state index contributed by atoms with van der Waals surface area (Å²) in [5, 5.41) is 7.09. The summed E-state index contributed by atoms with van der Waals surface area (Å²) in [5.41, 5.74) is 3.26. The number of benzene rings is 1. The predicted octanol–water partition coefficient (Wildman–Crippen LogP) is 2.93. The van der Waals surface area contributed by atoms with Gasteiger partial charge in [0.25, 0.3) is 0 Å². The van der Waals surface area contributed by atoms with Gasteiger partial charge in [-0.3, -0.25) is 0 Å². The summed E-state index contributed by atoms with van der Waals surface area (Å²) in [5.74, 6) is 0. The van der Waals surface area contributed by atoms with Crippen LogP contribution in [0.15, 0.2) is 29.4 Å². The van der Waals surface area contributed by atoms with Crippen molar-refractivity contribution < 1.29 is 9.63 Å². The smallest absolute Gasteiger partial charge is 0.317 e. The molecule has 5 nitrogen and oxygen atoms in total. The van der Waals surface area contributed by atoms with Crippen molar-refractivity contribution in [2.75, 3.05) is 13.1 Å². The highest BCUT2D eigenvalue weighted by Crippen LogP contribution is 2.18. The van der Waals surface area contributed by atoms with Crippen LogP contribution in [-0.2, 0) is 4.84 Å². The molecule has 0 spiro atoms. The van der Waals surface area contributed by atoms with Crippen molar-refractivity contribution in [3.05, 3.63) is 35.4 Å². The predicted molar refractivity (Wildman–Crippen MR) is 88.1 cm³/mol. The monoisotopic (exact) mass is 303 g/mol. The first-order chi connectivity index (χ1) is 10.5. The maximum absolute atomic E-state index is 12.1. The number of carbonyl (C=O) groups is 1. The van der Waals surface area contributed by atoms with E-state index in [-0.39, 0.29) is 18.2 Å². The van der Waals surface area contributed by atoms with E-state index >= 15 is 0 Å². The van der Waals surface area contributed by atoms with Gasteiger partial charge < -0.3 is 15.1 Å². The molecule has 1 aliphatic rings. The highest BCUT2D eigenvalue weighted by Gasteiger charge is 2.26. The second-order valence-electron chi connectivity index (χ2n) is 5.98. The fourth-order valence-electron chi connectivity index (χ4n) is 2.38. The van der Waals surface area contributed by atoms with Gasteiger partial charge in [-0.1, -0.05) is 35.0 Å². The lowest BCUT2D eigenvalue weighted by molar-refractivity contribution is 0.0614. The van der Waals surface area contributed by atoms with Crippen molar-refractivity contribution in [3.63, 3.8) is 0 Å². The van der Waals surface area contributed by atoms with E-state index in [4.69, 9.17) is 4.84 Å². The Morgan fingerprint density at radius 3 is 2.68 bits per heavy atom. The fraction of sp³-hybridized carbons (Fsp3) is 0.529. The molecule has 1 atom stereocenters. The summed E-state index contributed by atoms with van der Waals surface area (Å²) in [4.78, 5) is 19.3. The Morgan fingerprint density at radius 1 is 1.41 bits per heavy atom. The molecule has 1 aliphatic heterocycles. The first kappa shape index (κ1) is 16.3. The highest BCUT2D eigenvalue weighted by atomic mass is 16.6. The lowest BCUT2D eigenvalue weighted by atomic mass is 10.0. The van der Waals surface area contributed by atoms with Crippen molar-refractivity contribution in [2.45, 2.75) is 46.3 Å². The zero-order valence-electron chi connectivity index (χ0n) is 13.8. The molecule has 1 aromatic carbocycles. The molecule has 1 N–H and O–H groups in total. The standard InChI is InChI=1S/C17H25N3O2/c1-5-20(17(21)18-12(2)3)11-15-10-16(19-22-15)14-8-6-13(4)7-9-14/h6-9,12,15H,5,10-11H2,1-4H3,(H,18,21). The first-order valence-corrected chi connectivity index (χ1v) is 7.84. The molecule has 0 aromatic heterocycles. The summed E-state index contributed by atoms with van der Waals surface area (Å²) < 4.78 is 0. The summed E-state index contributed by atoms with van der Waals surface area (Å²) in [7, 11) is 0. The zero-order valence-corrected chi connectivity index (χ0v) is 13.8. The van der Waals surface area contributed by atoms with E-state index in [9.17, 15) is 4.79 Å². The normalized spacial score (nSPS) is 17.1. The number of amides is 2. The largest absolute Gasteiger partial charge is 0.390 e. The summed E-state index contributed by atoms with van der Waals surface area (Å²) >= 11 is 0. The van der Waals surface area contributed by atoms with Crippen LogP contribution < -0.4 is 5.32 Å². The van der Waals surface area contributed by atoms with Gasteiger partial charge in [0.05, 0.1) is 12.3 Å². The van der Waals surface area contributed by atoms with Gasteiger partial charge in [-0.25, -0.2) is 4.79 Å². The van der Waals surface area contributed by atoms with E-state index < -0.39 is 0 Å². The van der Waals surface area contributed by atoms with Crippen molar-refractivity contribution >= 4 is 11.7 Å². The van der Waals surface area contributed by atoms with Gasteiger partial charge in [-0.15, -0.1) is 0 Å². The molecule has 120 valence electrons. The number of carbonyl (C=O) groups excluding carboxylic acids is 1. The van der Waals surface area contributed by atoms with Crippen LogP contribution in [0.4, 0.5) is 4.79 Å². The molecule has 0 saturated carbocycles. The van der Waals surface area contributed by atoms with Gasteiger partial charge in [-0.05, 0) is 33.3 Å². The second-order valence-corrected chi connectivity index (χ2v) is 5.98. The van der Waals surface area contributed by atoms with Crippen molar-refractivity contribution in [2.24, 2.45) is 5.16 Å². The Labute approximate surface area is 132 Å². The van der Waals surface area contributed by atoms with Crippen LogP contribution in [-0.4, -0.2) is 41.9 Å². The summed E-state index contributed by atoms with van der Waals surface area (Å²) in [6, 6.07) is 8.33. The molecule has 0 fully saturated rings. The zero-order chi connectivity index (χ0) is 16.1. The molecule has 1 heterocycles. The average molecular weight is 303 g/mol. The Morgan fingerprint density at radius 2 is 2.09 bits per heavy atom. The lowest BCUT2D eigenvalue weighted by Gasteiger charge is -2.24. The summed E-state index contributed by atoms with van der Waals surface area (Å²) in [6.07, 6.45) is 0.656. The number of aryl methyl sites for hydroxylation is 1. The summed E-state index contributed by atoms with van der Waals surface area (Å²) in [6.45, 7) is 9.14. The van der Waals surface area contributed by atoms with Crippen LogP contribution in [0.5, 0.6) is 0 Å². The number of urea groups is 1. The van der Waals surface area contributed by atoms with E-state index in [1.54, 1.807) is 4.90 Å². The minimum Gasteiger partial charge on any atom is -0.390 e. The molecule has 0 radical (unpaired) electrons. The van der Waals surface area contributed by atoms with Gasteiger partial charge in [0.15, 0.2) is 6.10 Å². The number of oxime groups is 1. The van der Waals surface area contributed by atoms with Crippen LogP contribution in [0.25, 0.3) is 0 Å². The number of likely N-dealkylation sites (N-methyl/N-ethyl adjacent to an activating group) is 1. The minimum absolute atomic E-state index is 0.0510. The van der Waals surface area contributed by atoms with E-state index in [0.29, 0.717) is 13.1 Å². The Bertz CT molecular complexity index is 537. The molecule has 1 unspecified atom stereocenters. The van der Waals surface area contributed by atoms with Crippen molar-refractivity contribution in [1.29, 1.82) is 0 Å². The van der Waals surface area contributed by atoms with E-state index in [1.807, 2.05) is 20.8 Å². The number of hydrogen-bond acceptors (Lipinski definition) is 3. The van der Waals surface area contributed by atoms with Crippen LogP contribution in [0.3, 0.4) is 0 Å². The molecule has 0 saturated heterocycles. The molecule has 2 amide bonds. The van der Waals surface area contributed by atoms with Crippen molar-refractivity contribution in [3.8, 4) is 0 Å². The Kier molecular flexibility index (Phi) is 5.41. The van der Waals surface area contributed by atoms with E-state index in [2.05, 4.69) is 41.7 Å². The van der Waals surface area contributed by atoms with Crippen LogP contribution >= 0.6 is 0 Å². The maximum atomic E-state index is 12.1. The fourth-order valence-corrected chi connectivity index (χ4v) is 2.38. The first-order valence-electron chi connectivity index (χ1n) is 7.84. The number of nitrogens with zero attached hydrogens (tertiary/aromatic N) is 2. The molecular formula is C17H25N3O2. The Hall–Kier alpha value is -2.04. The molecule has 22 heavy (non-hydrogen) atoms. The van der Waals surface area contributed by atoms with Crippen LogP contribution in [0.1, 0.15) is 38.3 Å². The molecule has 2 rings (SSSR count). The third kappa shape index (κ3) is 4.23. The topological polar surface area (TPSA) is 53.9 Å². The molecular weight excluding hydrogens is 278 g/mol. The van der Waals surface area contributed by atoms with Crippen LogP contribution in [0.2, 0.25) is 0 Å². The minimum atomic E-state index is -0.0748. The van der Waals surface area contributed by atoms with E-state index in [0.717, 1.165) is 17.7 Å². The lowest BCUT2D eigenvalue weighted by Crippen LogP contribution is -2.45. The SMILES string of the molecule is CCN(CC1CC(c2ccc(C)cc2)=NO1)C(=O)NC(C)C. The average Bonchev–Trinajstić information content (AvgIpc) is 2.93. The third-order valence-corrected chi connectivity index (χ3v) is 3.62. The molecule has 5 heteroatoms. The second kappa shape index (κ2) is 7.29. The number of nitrogens with one attached hydrogen (secondary N) is 1.